The highest BCUT2D eigenvalue weighted by atomic mass is 16.5. The van der Waals surface area contributed by atoms with Crippen molar-refractivity contribution in [1.29, 1.82) is 0 Å². The van der Waals surface area contributed by atoms with Crippen LogP contribution in [0, 0.1) is 0 Å². The van der Waals surface area contributed by atoms with Crippen LogP contribution in [-0.4, -0.2) is 25.8 Å². The van der Waals surface area contributed by atoms with Gasteiger partial charge in [-0.2, -0.15) is 0 Å². The van der Waals surface area contributed by atoms with Gasteiger partial charge in [0.1, 0.15) is 0 Å². The Kier molecular flexibility index (Phi) is 5.44. The zero-order valence-corrected chi connectivity index (χ0v) is 10.3. The van der Waals surface area contributed by atoms with Crippen LogP contribution >= 0.6 is 0 Å². The molecule has 0 spiro atoms. The molecule has 0 fully saturated rings. The average Bonchev–Trinajstić information content (AvgIpc) is 2.40. The van der Waals surface area contributed by atoms with Crippen LogP contribution in [0.5, 0.6) is 0 Å². The van der Waals surface area contributed by atoms with Gasteiger partial charge in [-0.1, -0.05) is 30.3 Å². The Morgan fingerprint density at radius 2 is 1.94 bits per heavy atom. The lowest BCUT2D eigenvalue weighted by Crippen LogP contribution is -2.20. The number of carbonyl (C=O) groups is 2. The summed E-state index contributed by atoms with van der Waals surface area (Å²) in [5.41, 5.74) is 0.910. The van der Waals surface area contributed by atoms with Gasteiger partial charge in [0.15, 0.2) is 0 Å². The molecule has 0 radical (unpaired) electrons. The number of nitrogens with one attached hydrogen (secondary N) is 1. The molecule has 0 aliphatic carbocycles. The third kappa shape index (κ3) is 3.93. The van der Waals surface area contributed by atoms with Gasteiger partial charge in [-0.15, -0.1) is 0 Å². The Balaban J connectivity index is 2.89. The minimum Gasteiger partial charge on any atom is -0.465 e. The predicted molar refractivity (Wildman–Crippen MR) is 66.6 cm³/mol. The van der Waals surface area contributed by atoms with Gasteiger partial charge in [0.25, 0.3) is 0 Å². The number of esters is 1. The SMILES string of the molecule is CCOC(=O)N/C=C(\C(=O)OC)c1ccccc1. The Bertz CT molecular complexity index is 440. The molecule has 5 nitrogen and oxygen atoms in total. The summed E-state index contributed by atoms with van der Waals surface area (Å²) in [5, 5.41) is 2.37. The van der Waals surface area contributed by atoms with Crippen molar-refractivity contribution in [1.82, 2.24) is 5.32 Å². The molecule has 0 unspecified atom stereocenters. The number of hydrogen-bond acceptors (Lipinski definition) is 4. The number of amides is 1. The minimum absolute atomic E-state index is 0.256. The van der Waals surface area contributed by atoms with Gasteiger partial charge in [0.05, 0.1) is 19.3 Å². The standard InChI is InChI=1S/C13H15NO4/c1-3-18-13(16)14-9-11(12(15)17-2)10-7-5-4-6-8-10/h4-9H,3H2,1-2H3,(H,14,16)/b11-9-. The molecule has 0 heterocycles. The van der Waals surface area contributed by atoms with Crippen LogP contribution < -0.4 is 5.32 Å². The number of hydrogen-bond donors (Lipinski definition) is 1. The highest BCUT2D eigenvalue weighted by molar-refractivity contribution is 6.16. The lowest BCUT2D eigenvalue weighted by molar-refractivity contribution is -0.133. The van der Waals surface area contributed by atoms with E-state index < -0.39 is 12.1 Å². The molecule has 0 atom stereocenters. The molecule has 1 amide bonds. The van der Waals surface area contributed by atoms with Gasteiger partial charge < -0.3 is 9.47 Å². The molecule has 1 aromatic rings. The lowest BCUT2D eigenvalue weighted by Gasteiger charge is -2.06. The highest BCUT2D eigenvalue weighted by Crippen LogP contribution is 2.14. The molecule has 0 bridgehead atoms. The fraction of sp³-hybridized carbons (Fsp3) is 0.231. The fourth-order valence-corrected chi connectivity index (χ4v) is 1.29. The molecule has 0 saturated heterocycles. The van der Waals surface area contributed by atoms with Gasteiger partial charge in [-0.05, 0) is 12.5 Å². The Morgan fingerprint density at radius 3 is 2.50 bits per heavy atom. The maximum absolute atomic E-state index is 11.6. The first-order chi connectivity index (χ1) is 8.69. The van der Waals surface area contributed by atoms with Crippen molar-refractivity contribution in [2.45, 2.75) is 6.92 Å². The summed E-state index contributed by atoms with van der Waals surface area (Å²) in [6.07, 6.45) is 0.661. The van der Waals surface area contributed by atoms with Crippen LogP contribution in [-0.2, 0) is 14.3 Å². The van der Waals surface area contributed by atoms with E-state index in [9.17, 15) is 9.59 Å². The zero-order valence-electron chi connectivity index (χ0n) is 10.3. The van der Waals surface area contributed by atoms with Crippen molar-refractivity contribution in [3.05, 3.63) is 42.1 Å². The van der Waals surface area contributed by atoms with E-state index in [1.807, 2.05) is 6.07 Å². The van der Waals surface area contributed by atoms with E-state index in [0.29, 0.717) is 5.56 Å². The molecule has 5 heteroatoms. The molecule has 0 aliphatic heterocycles. The van der Waals surface area contributed by atoms with Crippen molar-refractivity contribution < 1.29 is 19.1 Å². The smallest absolute Gasteiger partial charge is 0.411 e. The third-order valence-corrected chi connectivity index (χ3v) is 2.10. The second-order valence-electron chi connectivity index (χ2n) is 3.28. The summed E-state index contributed by atoms with van der Waals surface area (Å²) in [7, 11) is 1.28. The third-order valence-electron chi connectivity index (χ3n) is 2.10. The van der Waals surface area contributed by atoms with Gasteiger partial charge in [0, 0.05) is 6.20 Å². The highest BCUT2D eigenvalue weighted by Gasteiger charge is 2.12. The Labute approximate surface area is 105 Å². The van der Waals surface area contributed by atoms with Gasteiger partial charge in [-0.25, -0.2) is 9.59 Å². The van der Waals surface area contributed by atoms with Crippen molar-refractivity contribution in [3.8, 4) is 0 Å². The second-order valence-corrected chi connectivity index (χ2v) is 3.28. The summed E-state index contributed by atoms with van der Waals surface area (Å²) in [5.74, 6) is -0.530. The van der Waals surface area contributed by atoms with Crippen LogP contribution in [0.25, 0.3) is 5.57 Å². The van der Waals surface area contributed by atoms with E-state index in [4.69, 9.17) is 4.74 Å². The van der Waals surface area contributed by atoms with Crippen molar-refractivity contribution in [3.63, 3.8) is 0 Å². The first-order valence-corrected chi connectivity index (χ1v) is 5.46. The van der Waals surface area contributed by atoms with Gasteiger partial charge in [-0.3, -0.25) is 5.32 Å². The van der Waals surface area contributed by atoms with Crippen LogP contribution in [0.1, 0.15) is 12.5 Å². The normalized spacial score (nSPS) is 10.7. The topological polar surface area (TPSA) is 64.6 Å². The summed E-state index contributed by atoms with van der Waals surface area (Å²) in [6, 6.07) is 8.90. The molecule has 0 saturated carbocycles. The summed E-state index contributed by atoms with van der Waals surface area (Å²) in [4.78, 5) is 22.8. The van der Waals surface area contributed by atoms with E-state index in [0.717, 1.165) is 0 Å². The fourth-order valence-electron chi connectivity index (χ4n) is 1.29. The van der Waals surface area contributed by atoms with Crippen LogP contribution in [0.2, 0.25) is 0 Å². The number of ether oxygens (including phenoxy) is 2. The molecule has 1 aromatic carbocycles. The lowest BCUT2D eigenvalue weighted by atomic mass is 10.1. The second kappa shape index (κ2) is 7.11. The molecule has 96 valence electrons. The van der Waals surface area contributed by atoms with Crippen LogP contribution in [0.4, 0.5) is 4.79 Å². The number of alkyl carbamates (subject to hydrolysis) is 1. The molecular formula is C13H15NO4. The van der Waals surface area contributed by atoms with Crippen molar-refractivity contribution >= 4 is 17.6 Å². The maximum Gasteiger partial charge on any atom is 0.411 e. The maximum atomic E-state index is 11.6. The monoisotopic (exact) mass is 249 g/mol. The minimum atomic E-state index is -0.616. The summed E-state index contributed by atoms with van der Waals surface area (Å²) in [6.45, 7) is 1.96. The van der Waals surface area contributed by atoms with E-state index in [1.165, 1.54) is 13.3 Å². The molecule has 0 aromatic heterocycles. The first-order valence-electron chi connectivity index (χ1n) is 5.46. The number of rotatable bonds is 4. The molecule has 18 heavy (non-hydrogen) atoms. The molecular weight excluding hydrogens is 234 g/mol. The molecule has 0 aliphatic rings. The van der Waals surface area contributed by atoms with Gasteiger partial charge in [0.2, 0.25) is 0 Å². The average molecular weight is 249 g/mol. The summed E-state index contributed by atoms with van der Waals surface area (Å²) < 4.78 is 9.35. The predicted octanol–water partition coefficient (Wildman–Crippen LogP) is 1.95. The Hall–Kier alpha value is -2.30. The number of carbonyl (C=O) groups excluding carboxylic acids is 2. The number of methoxy groups -OCH3 is 1. The molecule has 1 rings (SSSR count). The largest absolute Gasteiger partial charge is 0.465 e. The van der Waals surface area contributed by atoms with E-state index >= 15 is 0 Å². The molecule has 1 N–H and O–H groups in total. The van der Waals surface area contributed by atoms with E-state index in [1.54, 1.807) is 31.2 Å². The Morgan fingerprint density at radius 1 is 1.28 bits per heavy atom. The van der Waals surface area contributed by atoms with E-state index in [2.05, 4.69) is 10.1 Å². The van der Waals surface area contributed by atoms with Crippen LogP contribution in [0.3, 0.4) is 0 Å². The number of benzene rings is 1. The van der Waals surface area contributed by atoms with Crippen molar-refractivity contribution in [2.75, 3.05) is 13.7 Å². The summed E-state index contributed by atoms with van der Waals surface area (Å²) >= 11 is 0. The quantitative estimate of drug-likeness (QED) is 0.654. The van der Waals surface area contributed by atoms with Crippen molar-refractivity contribution in [2.24, 2.45) is 0 Å². The van der Waals surface area contributed by atoms with Crippen LogP contribution in [0.15, 0.2) is 36.5 Å². The van der Waals surface area contributed by atoms with E-state index in [-0.39, 0.29) is 12.2 Å². The first kappa shape index (κ1) is 13.8. The zero-order chi connectivity index (χ0) is 13.4. The van der Waals surface area contributed by atoms with Gasteiger partial charge >= 0.3 is 12.1 Å².